The molecule has 0 N–H and O–H groups in total. The van der Waals surface area contributed by atoms with Crippen LogP contribution in [-0.4, -0.2) is 4.98 Å². The van der Waals surface area contributed by atoms with Gasteiger partial charge < -0.3 is 0 Å². The highest BCUT2D eigenvalue weighted by atomic mass is 14.7. The average Bonchev–Trinajstić information content (AvgIpc) is 2.17. The van der Waals surface area contributed by atoms with Crippen LogP contribution in [0.3, 0.4) is 0 Å². The molecule has 0 atom stereocenters. The fourth-order valence-electron chi connectivity index (χ4n) is 1.17. The molecule has 0 bridgehead atoms. The van der Waals surface area contributed by atoms with Crippen LogP contribution in [0.15, 0.2) is 49.1 Å². The van der Waals surface area contributed by atoms with Crippen molar-refractivity contribution in [3.63, 3.8) is 0 Å². The van der Waals surface area contributed by atoms with Gasteiger partial charge in [-0.15, -0.1) is 0 Å². The van der Waals surface area contributed by atoms with Gasteiger partial charge in [-0.2, -0.15) is 0 Å². The summed E-state index contributed by atoms with van der Waals surface area (Å²) in [7, 11) is 0. The summed E-state index contributed by atoms with van der Waals surface area (Å²) in [4.78, 5) is 4.42. The number of allylic oxidation sites excluding steroid dienone is 4. The topological polar surface area (TPSA) is 12.9 Å². The van der Waals surface area contributed by atoms with Crippen molar-refractivity contribution in [3.05, 3.63) is 60.5 Å². The second kappa shape index (κ2) is 4.56. The molecule has 0 saturated heterocycles. The maximum atomic E-state index is 4.42. The van der Waals surface area contributed by atoms with Gasteiger partial charge in [-0.3, -0.25) is 4.98 Å². The van der Waals surface area contributed by atoms with Crippen molar-refractivity contribution in [2.24, 2.45) is 0 Å². The Morgan fingerprint density at radius 3 is 2.71 bits per heavy atom. The molecule has 1 rings (SSSR count). The summed E-state index contributed by atoms with van der Waals surface area (Å²) in [5.41, 5.74) is 4.04. The van der Waals surface area contributed by atoms with Crippen molar-refractivity contribution in [2.75, 3.05) is 0 Å². The molecule has 0 amide bonds. The van der Waals surface area contributed by atoms with Gasteiger partial charge in [0.05, 0.1) is 5.69 Å². The monoisotopic (exact) mass is 185 g/mol. The first-order valence-electron chi connectivity index (χ1n) is 4.57. The van der Waals surface area contributed by atoms with E-state index in [0.29, 0.717) is 0 Å². The molecule has 14 heavy (non-hydrogen) atoms. The third-order valence-electron chi connectivity index (χ3n) is 1.96. The molecule has 1 aromatic rings. The molecule has 1 nitrogen and oxygen atoms in total. The van der Waals surface area contributed by atoms with Crippen LogP contribution in [0.4, 0.5) is 0 Å². The molecule has 1 aromatic heterocycles. The highest BCUT2D eigenvalue weighted by Crippen LogP contribution is 2.13. The summed E-state index contributed by atoms with van der Waals surface area (Å²) >= 11 is 0. The zero-order valence-corrected chi connectivity index (χ0v) is 8.75. The number of hydrogen-bond acceptors (Lipinski definition) is 1. The van der Waals surface area contributed by atoms with E-state index >= 15 is 0 Å². The van der Waals surface area contributed by atoms with E-state index in [-0.39, 0.29) is 0 Å². The van der Waals surface area contributed by atoms with Crippen molar-refractivity contribution in [1.82, 2.24) is 4.98 Å². The summed E-state index contributed by atoms with van der Waals surface area (Å²) in [6.45, 7) is 11.5. The molecule has 1 heterocycles. The van der Waals surface area contributed by atoms with E-state index in [1.165, 1.54) is 0 Å². The van der Waals surface area contributed by atoms with E-state index in [1.807, 2.05) is 38.1 Å². The lowest BCUT2D eigenvalue weighted by atomic mass is 10.1. The minimum Gasteiger partial charge on any atom is -0.253 e. The molecule has 0 spiro atoms. The molecule has 0 fully saturated rings. The van der Waals surface area contributed by atoms with E-state index in [1.54, 1.807) is 6.08 Å². The average molecular weight is 185 g/mol. The molecule has 0 unspecified atom stereocenters. The molecule has 0 radical (unpaired) electrons. The Kier molecular flexibility index (Phi) is 3.41. The molecular formula is C13H15N. The maximum absolute atomic E-state index is 4.42. The summed E-state index contributed by atoms with van der Waals surface area (Å²) in [6.07, 6.45) is 3.72. The highest BCUT2D eigenvalue weighted by Gasteiger charge is 1.96. The van der Waals surface area contributed by atoms with Gasteiger partial charge in [0.2, 0.25) is 0 Å². The van der Waals surface area contributed by atoms with Crippen LogP contribution in [0.5, 0.6) is 0 Å². The summed E-state index contributed by atoms with van der Waals surface area (Å²) < 4.78 is 0. The SMILES string of the molecule is C=CC(=C)/C=C(/C)c1cccc(C)n1. The van der Waals surface area contributed by atoms with Crippen LogP contribution < -0.4 is 0 Å². The van der Waals surface area contributed by atoms with Crippen LogP contribution in [0.25, 0.3) is 5.57 Å². The number of aromatic nitrogens is 1. The molecule has 1 heteroatoms. The summed E-state index contributed by atoms with van der Waals surface area (Å²) in [5, 5.41) is 0. The lowest BCUT2D eigenvalue weighted by molar-refractivity contribution is 1.17. The van der Waals surface area contributed by atoms with Gasteiger partial charge in [0, 0.05) is 5.69 Å². The number of rotatable bonds is 3. The zero-order chi connectivity index (χ0) is 10.6. The Balaban J connectivity index is 3.00. The Labute approximate surface area is 85.5 Å². The van der Waals surface area contributed by atoms with E-state index in [0.717, 1.165) is 22.5 Å². The molecular weight excluding hydrogens is 170 g/mol. The van der Waals surface area contributed by atoms with Gasteiger partial charge in [0.15, 0.2) is 0 Å². The van der Waals surface area contributed by atoms with E-state index in [4.69, 9.17) is 0 Å². The van der Waals surface area contributed by atoms with Crippen molar-refractivity contribution >= 4 is 5.57 Å². The van der Waals surface area contributed by atoms with E-state index < -0.39 is 0 Å². The molecule has 0 saturated carbocycles. The van der Waals surface area contributed by atoms with E-state index in [9.17, 15) is 0 Å². The Hall–Kier alpha value is -1.63. The predicted molar refractivity (Wildman–Crippen MR) is 62.0 cm³/mol. The number of pyridine rings is 1. The second-order valence-electron chi connectivity index (χ2n) is 3.27. The van der Waals surface area contributed by atoms with Crippen molar-refractivity contribution in [1.29, 1.82) is 0 Å². The molecule has 0 aliphatic carbocycles. The smallest absolute Gasteiger partial charge is 0.0662 e. The minimum atomic E-state index is 0.908. The first-order valence-corrected chi connectivity index (χ1v) is 4.57. The quantitative estimate of drug-likeness (QED) is 0.656. The van der Waals surface area contributed by atoms with Gasteiger partial charge in [-0.1, -0.05) is 31.4 Å². The zero-order valence-electron chi connectivity index (χ0n) is 8.75. The van der Waals surface area contributed by atoms with Crippen LogP contribution in [-0.2, 0) is 0 Å². The van der Waals surface area contributed by atoms with Crippen LogP contribution >= 0.6 is 0 Å². The van der Waals surface area contributed by atoms with Crippen molar-refractivity contribution in [3.8, 4) is 0 Å². The molecule has 0 aromatic carbocycles. The number of nitrogens with zero attached hydrogens (tertiary/aromatic N) is 1. The van der Waals surface area contributed by atoms with Crippen LogP contribution in [0.1, 0.15) is 18.3 Å². The summed E-state index contributed by atoms with van der Waals surface area (Å²) in [6, 6.07) is 5.99. The largest absolute Gasteiger partial charge is 0.253 e. The van der Waals surface area contributed by atoms with Gasteiger partial charge in [-0.25, -0.2) is 0 Å². The maximum Gasteiger partial charge on any atom is 0.0662 e. The van der Waals surface area contributed by atoms with Gasteiger partial charge in [0.1, 0.15) is 0 Å². The third-order valence-corrected chi connectivity index (χ3v) is 1.96. The lowest BCUT2D eigenvalue weighted by Crippen LogP contribution is -1.88. The number of aryl methyl sites for hydroxylation is 1. The number of hydrogen-bond donors (Lipinski definition) is 0. The standard InChI is InChI=1S/C13H15N/c1-5-10(2)9-11(3)13-8-6-7-12(4)14-13/h5-9H,1-2H2,3-4H3/b11-9-. The van der Waals surface area contributed by atoms with Crippen molar-refractivity contribution < 1.29 is 0 Å². The van der Waals surface area contributed by atoms with Gasteiger partial charge in [-0.05, 0) is 37.1 Å². The fourth-order valence-corrected chi connectivity index (χ4v) is 1.17. The Bertz CT molecular complexity index is 386. The van der Waals surface area contributed by atoms with Gasteiger partial charge in [0.25, 0.3) is 0 Å². The predicted octanol–water partition coefficient (Wildman–Crippen LogP) is 3.54. The first-order chi connectivity index (χ1) is 6.63. The Morgan fingerprint density at radius 2 is 2.14 bits per heavy atom. The normalized spacial score (nSPS) is 11.1. The fraction of sp³-hybridized carbons (Fsp3) is 0.154. The Morgan fingerprint density at radius 1 is 1.43 bits per heavy atom. The lowest BCUT2D eigenvalue weighted by Gasteiger charge is -2.01. The minimum absolute atomic E-state index is 0.908. The second-order valence-corrected chi connectivity index (χ2v) is 3.27. The highest BCUT2D eigenvalue weighted by molar-refractivity contribution is 5.64. The molecule has 0 aliphatic heterocycles. The molecule has 0 aliphatic rings. The summed E-state index contributed by atoms with van der Waals surface area (Å²) in [5.74, 6) is 0. The first kappa shape index (κ1) is 10.5. The van der Waals surface area contributed by atoms with Gasteiger partial charge >= 0.3 is 0 Å². The van der Waals surface area contributed by atoms with E-state index in [2.05, 4.69) is 18.1 Å². The third kappa shape index (κ3) is 2.70. The van der Waals surface area contributed by atoms with Crippen molar-refractivity contribution in [2.45, 2.75) is 13.8 Å². The van der Waals surface area contributed by atoms with Crippen LogP contribution in [0.2, 0.25) is 0 Å². The molecule has 72 valence electrons. The van der Waals surface area contributed by atoms with Crippen LogP contribution in [0, 0.1) is 6.92 Å².